The van der Waals surface area contributed by atoms with Gasteiger partial charge in [0.1, 0.15) is 6.61 Å². The van der Waals surface area contributed by atoms with Crippen LogP contribution in [0.3, 0.4) is 0 Å². The molecule has 5 nitrogen and oxygen atoms in total. The standard InChI is InChI=1S/C75H130O5/c1-3-5-7-9-11-13-15-17-19-21-23-25-27-29-31-33-34-35-36-37-38-39-40-42-43-45-47-49-51-53-55-57-59-61-63-65-67-69-74(77)79-72-73(71-76)80-75(78)70-68-66-64-62-60-58-56-54-52-50-48-46-44-41-32-30-28-26-24-22-20-18-16-14-12-10-8-6-4-2/h5-8,11-14,17-20,23-26,30,32,73,76H,3-4,9-10,15-16,21-22,27-29,31,33-72H2,1-2H3/b7-5-,8-6-,13-11-,14-12-,19-17-,20-18-,25-23-,26-24-,32-30-. The summed E-state index contributed by atoms with van der Waals surface area (Å²) in [5.74, 6) is -0.580. The van der Waals surface area contributed by atoms with Crippen LogP contribution in [0.15, 0.2) is 109 Å². The largest absolute Gasteiger partial charge is 0.462 e. The highest BCUT2D eigenvalue weighted by molar-refractivity contribution is 5.70. The van der Waals surface area contributed by atoms with E-state index in [1.165, 1.54) is 212 Å². The van der Waals surface area contributed by atoms with Crippen molar-refractivity contribution in [2.75, 3.05) is 13.2 Å². The smallest absolute Gasteiger partial charge is 0.306 e. The van der Waals surface area contributed by atoms with Crippen LogP contribution in [0.25, 0.3) is 0 Å². The molecule has 0 amide bonds. The Morgan fingerprint density at radius 3 is 0.750 bits per heavy atom. The summed E-state index contributed by atoms with van der Waals surface area (Å²) in [6.07, 6.45) is 101. The highest BCUT2D eigenvalue weighted by Gasteiger charge is 2.16. The number of esters is 2. The number of allylic oxidation sites excluding steroid dienone is 18. The first-order chi connectivity index (χ1) is 39.6. The molecule has 0 aliphatic rings. The number of rotatable bonds is 63. The summed E-state index contributed by atoms with van der Waals surface area (Å²) in [4.78, 5) is 24.7. The summed E-state index contributed by atoms with van der Waals surface area (Å²) in [6, 6.07) is 0. The average Bonchev–Trinajstić information content (AvgIpc) is 3.46. The molecule has 0 fully saturated rings. The van der Waals surface area contributed by atoms with Gasteiger partial charge in [-0.05, 0) is 96.3 Å². The molecular weight excluding hydrogens is 981 g/mol. The lowest BCUT2D eigenvalue weighted by atomic mass is 10.0. The first kappa shape index (κ1) is 76.6. The van der Waals surface area contributed by atoms with Crippen LogP contribution in [0, 0.1) is 0 Å². The number of aliphatic hydroxyl groups excluding tert-OH is 1. The van der Waals surface area contributed by atoms with Crippen molar-refractivity contribution in [2.24, 2.45) is 0 Å². The molecule has 0 rings (SSSR count). The maximum atomic E-state index is 12.4. The molecule has 0 bridgehead atoms. The van der Waals surface area contributed by atoms with Gasteiger partial charge in [-0.1, -0.05) is 335 Å². The SMILES string of the molecule is CC/C=C\C/C=C\C/C=C\C/C=C\C/C=C\CCCCCCCCCCCCCCCC(=O)OC(CO)COC(=O)CCCCCCCCCCCCCCCCCCCCCCCCCC/C=C\C/C=C\C/C=C\C/C=C\CC. The summed E-state index contributed by atoms with van der Waals surface area (Å²) in [7, 11) is 0. The van der Waals surface area contributed by atoms with Crippen molar-refractivity contribution in [1.82, 2.24) is 0 Å². The van der Waals surface area contributed by atoms with Crippen LogP contribution in [0.5, 0.6) is 0 Å². The van der Waals surface area contributed by atoms with Crippen molar-refractivity contribution < 1.29 is 24.2 Å². The number of carbonyl (C=O) groups is 2. The number of hydrogen-bond donors (Lipinski definition) is 1. The quantitative estimate of drug-likeness (QED) is 0.0373. The van der Waals surface area contributed by atoms with E-state index in [-0.39, 0.29) is 25.2 Å². The fourth-order valence-electron chi connectivity index (χ4n) is 9.99. The second-order valence-electron chi connectivity index (χ2n) is 22.8. The third-order valence-corrected chi connectivity index (χ3v) is 15.1. The van der Waals surface area contributed by atoms with Crippen LogP contribution < -0.4 is 0 Å². The van der Waals surface area contributed by atoms with Crippen molar-refractivity contribution in [3.8, 4) is 0 Å². The lowest BCUT2D eigenvalue weighted by molar-refractivity contribution is -0.161. The Labute approximate surface area is 497 Å². The van der Waals surface area contributed by atoms with Gasteiger partial charge in [-0.2, -0.15) is 0 Å². The van der Waals surface area contributed by atoms with Crippen LogP contribution in [0.4, 0.5) is 0 Å². The molecule has 0 radical (unpaired) electrons. The molecule has 0 aromatic carbocycles. The van der Waals surface area contributed by atoms with E-state index < -0.39 is 6.10 Å². The van der Waals surface area contributed by atoms with E-state index in [1.54, 1.807) is 0 Å². The lowest BCUT2D eigenvalue weighted by Gasteiger charge is -2.15. The number of hydrogen-bond acceptors (Lipinski definition) is 5. The number of carbonyl (C=O) groups excluding carboxylic acids is 2. The molecule has 460 valence electrons. The van der Waals surface area contributed by atoms with Crippen molar-refractivity contribution in [3.05, 3.63) is 109 Å². The third kappa shape index (κ3) is 67.1. The van der Waals surface area contributed by atoms with Crippen LogP contribution in [0.1, 0.15) is 335 Å². The zero-order valence-corrected chi connectivity index (χ0v) is 52.8. The van der Waals surface area contributed by atoms with Crippen molar-refractivity contribution in [3.63, 3.8) is 0 Å². The Bertz CT molecular complexity index is 1540. The van der Waals surface area contributed by atoms with Gasteiger partial charge in [0.15, 0.2) is 6.10 Å². The Morgan fingerprint density at radius 1 is 0.287 bits per heavy atom. The van der Waals surface area contributed by atoms with E-state index in [1.807, 2.05) is 0 Å². The highest BCUT2D eigenvalue weighted by atomic mass is 16.6. The molecule has 1 atom stereocenters. The van der Waals surface area contributed by atoms with Gasteiger partial charge >= 0.3 is 11.9 Å². The van der Waals surface area contributed by atoms with E-state index >= 15 is 0 Å². The first-order valence-corrected chi connectivity index (χ1v) is 34.4. The number of unbranched alkanes of at least 4 members (excludes halogenated alkanes) is 37. The fraction of sp³-hybridized carbons (Fsp3) is 0.733. The maximum absolute atomic E-state index is 12.4. The predicted molar refractivity (Wildman–Crippen MR) is 352 cm³/mol. The minimum absolute atomic E-state index is 0.0663. The summed E-state index contributed by atoms with van der Waals surface area (Å²) in [6.45, 7) is 3.95. The van der Waals surface area contributed by atoms with Gasteiger partial charge in [0.05, 0.1) is 6.61 Å². The monoisotopic (exact) mass is 1110 g/mol. The second-order valence-corrected chi connectivity index (χ2v) is 22.8. The molecule has 0 heterocycles. The lowest BCUT2D eigenvalue weighted by Crippen LogP contribution is -2.28. The summed E-state index contributed by atoms with van der Waals surface area (Å²) in [5, 5.41) is 9.70. The molecule has 1 unspecified atom stereocenters. The minimum Gasteiger partial charge on any atom is -0.462 e. The van der Waals surface area contributed by atoms with Crippen LogP contribution in [-0.4, -0.2) is 36.4 Å². The topological polar surface area (TPSA) is 72.8 Å². The molecule has 0 saturated heterocycles. The highest BCUT2D eigenvalue weighted by Crippen LogP contribution is 2.18. The van der Waals surface area contributed by atoms with Crippen LogP contribution >= 0.6 is 0 Å². The second kappa shape index (κ2) is 69.8. The van der Waals surface area contributed by atoms with Gasteiger partial charge in [0.2, 0.25) is 0 Å². The molecule has 0 spiro atoms. The zero-order chi connectivity index (χ0) is 57.6. The fourth-order valence-corrected chi connectivity index (χ4v) is 9.99. The Hall–Kier alpha value is -3.44. The molecule has 1 N–H and O–H groups in total. The van der Waals surface area contributed by atoms with E-state index in [9.17, 15) is 14.7 Å². The molecule has 0 aromatic heterocycles. The molecular formula is C75H130O5. The van der Waals surface area contributed by atoms with Crippen molar-refractivity contribution in [1.29, 1.82) is 0 Å². The molecule has 80 heavy (non-hydrogen) atoms. The predicted octanol–water partition coefficient (Wildman–Crippen LogP) is 24.0. The molecule has 0 aromatic rings. The molecule has 0 saturated carbocycles. The minimum atomic E-state index is -0.777. The Kier molecular flexibility index (Phi) is 66.8. The van der Waals surface area contributed by atoms with E-state index in [0.717, 1.165) is 96.3 Å². The van der Waals surface area contributed by atoms with Gasteiger partial charge in [-0.25, -0.2) is 0 Å². The van der Waals surface area contributed by atoms with Crippen LogP contribution in [-0.2, 0) is 19.1 Å². The Balaban J connectivity index is 3.43. The van der Waals surface area contributed by atoms with E-state index in [0.29, 0.717) is 12.8 Å². The third-order valence-electron chi connectivity index (χ3n) is 15.1. The Morgan fingerprint density at radius 2 is 0.500 bits per heavy atom. The van der Waals surface area contributed by atoms with Gasteiger partial charge in [-0.3, -0.25) is 9.59 Å². The van der Waals surface area contributed by atoms with E-state index in [2.05, 4.69) is 123 Å². The molecule has 0 aliphatic heterocycles. The first-order valence-electron chi connectivity index (χ1n) is 34.4. The summed E-state index contributed by atoms with van der Waals surface area (Å²) in [5.41, 5.74) is 0. The molecule has 5 heteroatoms. The van der Waals surface area contributed by atoms with E-state index in [4.69, 9.17) is 9.47 Å². The van der Waals surface area contributed by atoms with Gasteiger partial charge in [0.25, 0.3) is 0 Å². The zero-order valence-electron chi connectivity index (χ0n) is 52.8. The average molecular weight is 1110 g/mol. The maximum Gasteiger partial charge on any atom is 0.306 e. The van der Waals surface area contributed by atoms with Gasteiger partial charge in [-0.15, -0.1) is 0 Å². The summed E-state index contributed by atoms with van der Waals surface area (Å²) < 4.78 is 10.8. The van der Waals surface area contributed by atoms with Crippen molar-refractivity contribution >= 4 is 11.9 Å². The molecule has 0 aliphatic carbocycles. The van der Waals surface area contributed by atoms with Crippen LogP contribution in [0.2, 0.25) is 0 Å². The van der Waals surface area contributed by atoms with Crippen molar-refractivity contribution in [2.45, 2.75) is 341 Å². The summed E-state index contributed by atoms with van der Waals surface area (Å²) >= 11 is 0. The van der Waals surface area contributed by atoms with Gasteiger partial charge in [0, 0.05) is 12.8 Å². The number of ether oxygens (including phenoxy) is 2. The van der Waals surface area contributed by atoms with Gasteiger partial charge < -0.3 is 14.6 Å². The number of aliphatic hydroxyl groups is 1. The normalized spacial score (nSPS) is 12.9.